The van der Waals surface area contributed by atoms with Gasteiger partial charge in [-0.25, -0.2) is 0 Å². The fourth-order valence-electron chi connectivity index (χ4n) is 2.91. The van der Waals surface area contributed by atoms with Crippen molar-refractivity contribution in [2.24, 2.45) is 5.92 Å². The number of hydrogen-bond donors (Lipinski definition) is 1. The standard InChI is InChI=1S/C19H22N2O2/c20-17-6-8-18(9-7-17)21-12-10-16(11-13-21)19(22)23-14-15-4-2-1-3-5-15/h1-9,16H,10-14,20H2. The number of hydrogen-bond acceptors (Lipinski definition) is 4. The number of nitrogens with two attached hydrogens (primary N) is 1. The van der Waals surface area contributed by atoms with E-state index in [2.05, 4.69) is 4.90 Å². The lowest BCUT2D eigenvalue weighted by molar-refractivity contribution is -0.150. The Balaban J connectivity index is 1.48. The van der Waals surface area contributed by atoms with Crippen LogP contribution in [0.3, 0.4) is 0 Å². The molecule has 0 radical (unpaired) electrons. The van der Waals surface area contributed by atoms with Crippen LogP contribution in [0, 0.1) is 5.92 Å². The predicted molar refractivity (Wildman–Crippen MR) is 92.0 cm³/mol. The van der Waals surface area contributed by atoms with Crippen LogP contribution in [-0.2, 0) is 16.1 Å². The van der Waals surface area contributed by atoms with Gasteiger partial charge in [-0.15, -0.1) is 0 Å². The second-order valence-electron chi connectivity index (χ2n) is 5.95. The highest BCUT2D eigenvalue weighted by molar-refractivity contribution is 5.73. The summed E-state index contributed by atoms with van der Waals surface area (Å²) in [5.41, 5.74) is 8.68. The molecule has 0 bridgehead atoms. The molecule has 0 amide bonds. The summed E-state index contributed by atoms with van der Waals surface area (Å²) in [6.45, 7) is 2.10. The molecule has 0 spiro atoms. The predicted octanol–water partition coefficient (Wildman–Crippen LogP) is 3.23. The SMILES string of the molecule is Nc1ccc(N2CCC(C(=O)OCc3ccccc3)CC2)cc1. The van der Waals surface area contributed by atoms with Crippen molar-refractivity contribution in [1.82, 2.24) is 0 Å². The molecular formula is C19H22N2O2. The van der Waals surface area contributed by atoms with E-state index < -0.39 is 0 Å². The fourth-order valence-corrected chi connectivity index (χ4v) is 2.91. The Kier molecular flexibility index (Phi) is 4.81. The maximum absolute atomic E-state index is 12.2. The number of carbonyl (C=O) groups excluding carboxylic acids is 1. The third-order valence-electron chi connectivity index (χ3n) is 4.31. The van der Waals surface area contributed by atoms with Gasteiger partial charge in [0.05, 0.1) is 5.92 Å². The van der Waals surface area contributed by atoms with Gasteiger partial charge in [0.1, 0.15) is 6.61 Å². The number of esters is 1. The minimum absolute atomic E-state index is 0.00347. The number of anilines is 2. The molecule has 4 heteroatoms. The van der Waals surface area contributed by atoms with Crippen molar-refractivity contribution in [3.05, 3.63) is 60.2 Å². The highest BCUT2D eigenvalue weighted by Gasteiger charge is 2.26. The lowest BCUT2D eigenvalue weighted by atomic mass is 9.96. The van der Waals surface area contributed by atoms with Gasteiger partial charge in [-0.3, -0.25) is 4.79 Å². The van der Waals surface area contributed by atoms with Crippen LogP contribution in [0.15, 0.2) is 54.6 Å². The Hall–Kier alpha value is -2.49. The molecule has 1 heterocycles. The molecule has 1 aliphatic heterocycles. The Morgan fingerprint density at radius 3 is 2.35 bits per heavy atom. The molecule has 1 fully saturated rings. The third kappa shape index (κ3) is 4.03. The number of piperidine rings is 1. The van der Waals surface area contributed by atoms with Crippen molar-refractivity contribution in [1.29, 1.82) is 0 Å². The summed E-state index contributed by atoms with van der Waals surface area (Å²) in [7, 11) is 0. The molecule has 2 aromatic rings. The first-order chi connectivity index (χ1) is 11.2. The smallest absolute Gasteiger partial charge is 0.309 e. The Bertz CT molecular complexity index is 632. The van der Waals surface area contributed by atoms with E-state index in [0.717, 1.165) is 42.9 Å². The van der Waals surface area contributed by atoms with Crippen molar-refractivity contribution in [3.8, 4) is 0 Å². The highest BCUT2D eigenvalue weighted by atomic mass is 16.5. The zero-order valence-electron chi connectivity index (χ0n) is 13.2. The van der Waals surface area contributed by atoms with Crippen LogP contribution < -0.4 is 10.6 Å². The summed E-state index contributed by atoms with van der Waals surface area (Å²) in [4.78, 5) is 14.5. The number of nitrogens with zero attached hydrogens (tertiary/aromatic N) is 1. The van der Waals surface area contributed by atoms with Crippen molar-refractivity contribution in [2.75, 3.05) is 23.7 Å². The average molecular weight is 310 g/mol. The average Bonchev–Trinajstić information content (AvgIpc) is 2.61. The molecule has 0 unspecified atom stereocenters. The quantitative estimate of drug-likeness (QED) is 0.696. The van der Waals surface area contributed by atoms with Crippen LogP contribution in [-0.4, -0.2) is 19.1 Å². The fraction of sp³-hybridized carbons (Fsp3) is 0.316. The zero-order chi connectivity index (χ0) is 16.1. The van der Waals surface area contributed by atoms with Crippen molar-refractivity contribution in [2.45, 2.75) is 19.4 Å². The second kappa shape index (κ2) is 7.18. The molecule has 2 aromatic carbocycles. The van der Waals surface area contributed by atoms with Gasteiger partial charge >= 0.3 is 5.97 Å². The van der Waals surface area contributed by atoms with Gasteiger partial charge in [-0.05, 0) is 42.7 Å². The van der Waals surface area contributed by atoms with Crippen LogP contribution in [0.2, 0.25) is 0 Å². The normalized spacial score (nSPS) is 15.4. The van der Waals surface area contributed by atoms with Crippen molar-refractivity contribution < 1.29 is 9.53 Å². The summed E-state index contributed by atoms with van der Waals surface area (Å²) in [6, 6.07) is 17.7. The third-order valence-corrected chi connectivity index (χ3v) is 4.31. The maximum Gasteiger partial charge on any atom is 0.309 e. The largest absolute Gasteiger partial charge is 0.461 e. The Morgan fingerprint density at radius 2 is 1.70 bits per heavy atom. The topological polar surface area (TPSA) is 55.6 Å². The monoisotopic (exact) mass is 310 g/mol. The minimum atomic E-state index is -0.0780. The molecule has 3 rings (SSSR count). The Labute approximate surface area is 136 Å². The summed E-state index contributed by atoms with van der Waals surface area (Å²) < 4.78 is 5.45. The highest BCUT2D eigenvalue weighted by Crippen LogP contribution is 2.25. The first kappa shape index (κ1) is 15.4. The molecule has 4 nitrogen and oxygen atoms in total. The van der Waals surface area contributed by atoms with Gasteiger partial charge < -0.3 is 15.4 Å². The van der Waals surface area contributed by atoms with Crippen molar-refractivity contribution >= 4 is 17.3 Å². The Morgan fingerprint density at radius 1 is 1.04 bits per heavy atom. The van der Waals surface area contributed by atoms with E-state index in [1.165, 1.54) is 0 Å². The maximum atomic E-state index is 12.2. The van der Waals surface area contributed by atoms with Gasteiger partial charge in [0.2, 0.25) is 0 Å². The van der Waals surface area contributed by atoms with E-state index in [-0.39, 0.29) is 11.9 Å². The van der Waals surface area contributed by atoms with Crippen LogP contribution in [0.5, 0.6) is 0 Å². The van der Waals surface area contributed by atoms with E-state index >= 15 is 0 Å². The number of benzene rings is 2. The second-order valence-corrected chi connectivity index (χ2v) is 5.95. The molecule has 1 aliphatic rings. The van der Waals surface area contributed by atoms with Crippen molar-refractivity contribution in [3.63, 3.8) is 0 Å². The van der Waals surface area contributed by atoms with Gasteiger partial charge in [-0.1, -0.05) is 30.3 Å². The molecule has 0 saturated carbocycles. The van der Waals surface area contributed by atoms with E-state index in [1.54, 1.807) is 0 Å². The van der Waals surface area contributed by atoms with Crippen LogP contribution >= 0.6 is 0 Å². The number of ether oxygens (including phenoxy) is 1. The lowest BCUT2D eigenvalue weighted by Crippen LogP contribution is -2.36. The van der Waals surface area contributed by atoms with E-state index in [1.807, 2.05) is 54.6 Å². The van der Waals surface area contributed by atoms with Gasteiger partial charge in [0, 0.05) is 24.5 Å². The zero-order valence-corrected chi connectivity index (χ0v) is 13.2. The molecule has 2 N–H and O–H groups in total. The number of nitrogen functional groups attached to an aromatic ring is 1. The van der Waals surface area contributed by atoms with Crippen LogP contribution in [0.25, 0.3) is 0 Å². The first-order valence-corrected chi connectivity index (χ1v) is 8.03. The molecule has 23 heavy (non-hydrogen) atoms. The molecule has 120 valence electrons. The van der Waals surface area contributed by atoms with Gasteiger partial charge in [0.25, 0.3) is 0 Å². The number of carbonyl (C=O) groups is 1. The van der Waals surface area contributed by atoms with Gasteiger partial charge in [0.15, 0.2) is 0 Å². The summed E-state index contributed by atoms with van der Waals surface area (Å²) in [6.07, 6.45) is 1.66. The summed E-state index contributed by atoms with van der Waals surface area (Å²) in [5, 5.41) is 0. The summed E-state index contributed by atoms with van der Waals surface area (Å²) >= 11 is 0. The first-order valence-electron chi connectivity index (χ1n) is 8.03. The van der Waals surface area contributed by atoms with Crippen LogP contribution in [0.4, 0.5) is 11.4 Å². The molecule has 0 aromatic heterocycles. The molecule has 0 aliphatic carbocycles. The van der Waals surface area contributed by atoms with Gasteiger partial charge in [-0.2, -0.15) is 0 Å². The van der Waals surface area contributed by atoms with E-state index in [0.29, 0.717) is 6.61 Å². The molecule has 1 saturated heterocycles. The molecule has 0 atom stereocenters. The summed E-state index contributed by atoms with van der Waals surface area (Å²) in [5.74, 6) is -0.0745. The van der Waals surface area contributed by atoms with Crippen LogP contribution in [0.1, 0.15) is 18.4 Å². The van der Waals surface area contributed by atoms with E-state index in [9.17, 15) is 4.79 Å². The number of rotatable bonds is 4. The molecular weight excluding hydrogens is 288 g/mol. The minimum Gasteiger partial charge on any atom is -0.461 e. The lowest BCUT2D eigenvalue weighted by Gasteiger charge is -2.32. The van der Waals surface area contributed by atoms with E-state index in [4.69, 9.17) is 10.5 Å².